The van der Waals surface area contributed by atoms with Crippen LogP contribution in [-0.2, 0) is 21.4 Å². The number of fused-ring (bicyclic) bond motifs is 2. The minimum atomic E-state index is -3.86. The molecule has 1 aromatic heterocycles. The van der Waals surface area contributed by atoms with E-state index in [1.54, 1.807) is 18.2 Å². The van der Waals surface area contributed by atoms with Gasteiger partial charge in [0.15, 0.2) is 16.3 Å². The minimum absolute atomic E-state index is 0.118. The molecule has 1 atom stereocenters. The predicted molar refractivity (Wildman–Crippen MR) is 131 cm³/mol. The lowest BCUT2D eigenvalue weighted by molar-refractivity contribution is -0.121. The second kappa shape index (κ2) is 9.48. The van der Waals surface area contributed by atoms with Crippen LogP contribution in [0, 0.1) is 0 Å². The molecular formula is C24H25N3O6S2. The molecule has 11 heteroatoms. The highest BCUT2D eigenvalue weighted by atomic mass is 32.2. The van der Waals surface area contributed by atoms with Gasteiger partial charge < -0.3 is 18.8 Å². The number of sulfonamides is 1. The molecule has 3 heterocycles. The number of nitrogens with zero attached hydrogens (tertiary/aromatic N) is 3. The van der Waals surface area contributed by atoms with E-state index in [1.165, 1.54) is 34.9 Å². The third-order valence-electron chi connectivity index (χ3n) is 6.02. The van der Waals surface area contributed by atoms with Crippen molar-refractivity contribution in [2.45, 2.75) is 30.3 Å². The standard InChI is InChI=1S/C24H25N3O6S2/c1-3-10-26-19-14-20-21(33-13-12-32-20)15-22(19)34-24(26)25-23(28)18-5-4-11-27(18)35(29,30)17-8-6-16(31-2)7-9-17/h3,6-9,14-15,18H,1,4-5,10-13H2,2H3. The molecule has 5 rings (SSSR count). The third kappa shape index (κ3) is 4.35. The summed E-state index contributed by atoms with van der Waals surface area (Å²) in [7, 11) is -2.35. The van der Waals surface area contributed by atoms with E-state index in [-0.39, 0.29) is 11.4 Å². The molecule has 2 aliphatic rings. The highest BCUT2D eigenvalue weighted by Gasteiger charge is 2.39. The van der Waals surface area contributed by atoms with Crippen LogP contribution >= 0.6 is 11.3 Å². The second-order valence-corrected chi connectivity index (χ2v) is 11.0. The van der Waals surface area contributed by atoms with Gasteiger partial charge in [0.05, 0.1) is 22.2 Å². The van der Waals surface area contributed by atoms with Crippen LogP contribution in [-0.4, -0.2) is 56.1 Å². The number of rotatable bonds is 6. The molecule has 0 aliphatic carbocycles. The molecule has 0 N–H and O–H groups in total. The summed E-state index contributed by atoms with van der Waals surface area (Å²) in [6.45, 7) is 5.47. The fourth-order valence-corrected chi connectivity index (χ4v) is 7.03. The molecule has 3 aromatic rings. The van der Waals surface area contributed by atoms with Crippen LogP contribution < -0.4 is 19.0 Å². The van der Waals surface area contributed by atoms with Crippen LogP contribution in [0.5, 0.6) is 17.2 Å². The molecule has 1 unspecified atom stereocenters. The van der Waals surface area contributed by atoms with Gasteiger partial charge in [0.2, 0.25) is 10.0 Å². The summed E-state index contributed by atoms with van der Waals surface area (Å²) in [5.41, 5.74) is 0.847. The van der Waals surface area contributed by atoms with E-state index in [0.717, 1.165) is 10.2 Å². The number of aromatic nitrogens is 1. The number of methoxy groups -OCH3 is 1. The van der Waals surface area contributed by atoms with Crippen molar-refractivity contribution < 1.29 is 27.4 Å². The molecule has 1 saturated heterocycles. The number of amides is 1. The van der Waals surface area contributed by atoms with Crippen molar-refractivity contribution in [2.24, 2.45) is 4.99 Å². The Morgan fingerprint density at radius 2 is 1.94 bits per heavy atom. The Bertz CT molecular complexity index is 1460. The van der Waals surface area contributed by atoms with Crippen LogP contribution in [0.15, 0.2) is 58.9 Å². The second-order valence-electron chi connectivity index (χ2n) is 8.15. The van der Waals surface area contributed by atoms with Crippen molar-refractivity contribution in [3.63, 3.8) is 0 Å². The van der Waals surface area contributed by atoms with Crippen molar-refractivity contribution in [1.29, 1.82) is 0 Å². The maximum atomic E-state index is 13.3. The van der Waals surface area contributed by atoms with Crippen molar-refractivity contribution in [2.75, 3.05) is 26.9 Å². The first-order valence-corrected chi connectivity index (χ1v) is 13.5. The van der Waals surface area contributed by atoms with Gasteiger partial charge in [0, 0.05) is 25.2 Å². The molecule has 0 bridgehead atoms. The van der Waals surface area contributed by atoms with Crippen LogP contribution in [0.1, 0.15) is 12.8 Å². The summed E-state index contributed by atoms with van der Waals surface area (Å²) in [5.74, 6) is 1.37. The van der Waals surface area contributed by atoms with Gasteiger partial charge in [-0.05, 0) is 37.1 Å². The van der Waals surface area contributed by atoms with Gasteiger partial charge in [-0.2, -0.15) is 9.30 Å². The van der Waals surface area contributed by atoms with Crippen LogP contribution in [0.25, 0.3) is 10.2 Å². The smallest absolute Gasteiger partial charge is 0.266 e. The zero-order valence-corrected chi connectivity index (χ0v) is 20.8. The van der Waals surface area contributed by atoms with Gasteiger partial charge >= 0.3 is 0 Å². The van der Waals surface area contributed by atoms with E-state index >= 15 is 0 Å². The molecule has 9 nitrogen and oxygen atoms in total. The number of hydrogen-bond acceptors (Lipinski definition) is 7. The zero-order chi connectivity index (χ0) is 24.6. The van der Waals surface area contributed by atoms with Gasteiger partial charge in [-0.1, -0.05) is 17.4 Å². The summed E-state index contributed by atoms with van der Waals surface area (Å²) in [4.78, 5) is 18.3. The van der Waals surface area contributed by atoms with Gasteiger partial charge in [-0.3, -0.25) is 4.79 Å². The van der Waals surface area contributed by atoms with Gasteiger partial charge in [-0.25, -0.2) is 8.42 Å². The Morgan fingerprint density at radius 1 is 1.23 bits per heavy atom. The van der Waals surface area contributed by atoms with Gasteiger partial charge in [0.1, 0.15) is 25.0 Å². The first kappa shape index (κ1) is 23.6. The van der Waals surface area contributed by atoms with Crippen molar-refractivity contribution in [3.8, 4) is 17.2 Å². The topological polar surface area (TPSA) is 99.4 Å². The molecular weight excluding hydrogens is 490 g/mol. The number of thiazole rings is 1. The monoisotopic (exact) mass is 515 g/mol. The molecule has 35 heavy (non-hydrogen) atoms. The Kier molecular flexibility index (Phi) is 6.39. The van der Waals surface area contributed by atoms with E-state index in [2.05, 4.69) is 11.6 Å². The number of benzene rings is 2. The average Bonchev–Trinajstić information content (AvgIpc) is 3.49. The Hall–Kier alpha value is -3.15. The van der Waals surface area contributed by atoms with E-state index in [9.17, 15) is 13.2 Å². The zero-order valence-electron chi connectivity index (χ0n) is 19.2. The molecule has 1 amide bonds. The maximum Gasteiger partial charge on any atom is 0.266 e. The summed E-state index contributed by atoms with van der Waals surface area (Å²) >= 11 is 1.34. The quantitative estimate of drug-likeness (QED) is 0.468. The largest absolute Gasteiger partial charge is 0.497 e. The normalized spacial score (nSPS) is 18.7. The Morgan fingerprint density at radius 3 is 2.63 bits per heavy atom. The lowest BCUT2D eigenvalue weighted by atomic mass is 10.2. The molecule has 0 spiro atoms. The van der Waals surface area contributed by atoms with E-state index in [0.29, 0.717) is 54.7 Å². The summed E-state index contributed by atoms with van der Waals surface area (Å²) in [6.07, 6.45) is 2.73. The number of carbonyl (C=O) groups excluding carboxylic acids is 1. The summed E-state index contributed by atoms with van der Waals surface area (Å²) in [6, 6.07) is 9.06. The first-order chi connectivity index (χ1) is 16.9. The van der Waals surface area contributed by atoms with Crippen LogP contribution in [0.3, 0.4) is 0 Å². The van der Waals surface area contributed by atoms with Crippen LogP contribution in [0.2, 0.25) is 0 Å². The molecule has 1 fully saturated rings. The number of allylic oxidation sites excluding steroid dienone is 1. The number of ether oxygens (including phenoxy) is 3. The SMILES string of the molecule is C=CCn1c(=NC(=O)C2CCCN2S(=O)(=O)c2ccc(OC)cc2)sc2cc3c(cc21)OCCO3. The molecule has 2 aromatic carbocycles. The first-order valence-electron chi connectivity index (χ1n) is 11.2. The predicted octanol–water partition coefficient (Wildman–Crippen LogP) is 2.95. The summed E-state index contributed by atoms with van der Waals surface area (Å²) in [5, 5.41) is 0. The minimum Gasteiger partial charge on any atom is -0.497 e. The van der Waals surface area contributed by atoms with Crippen molar-refractivity contribution in [3.05, 3.63) is 53.9 Å². The van der Waals surface area contributed by atoms with Crippen LogP contribution in [0.4, 0.5) is 0 Å². The van der Waals surface area contributed by atoms with E-state index in [1.807, 2.05) is 16.7 Å². The fraction of sp³-hybridized carbons (Fsp3) is 0.333. The lowest BCUT2D eigenvalue weighted by Crippen LogP contribution is -2.40. The van der Waals surface area contributed by atoms with Crippen molar-refractivity contribution >= 4 is 37.5 Å². The molecule has 0 saturated carbocycles. The number of carbonyl (C=O) groups is 1. The molecule has 184 valence electrons. The van der Waals surface area contributed by atoms with Gasteiger partial charge in [-0.15, -0.1) is 6.58 Å². The van der Waals surface area contributed by atoms with E-state index in [4.69, 9.17) is 14.2 Å². The number of hydrogen-bond donors (Lipinski definition) is 0. The fourth-order valence-electron chi connectivity index (χ4n) is 4.32. The third-order valence-corrected chi connectivity index (χ3v) is 8.98. The maximum absolute atomic E-state index is 13.3. The van der Waals surface area contributed by atoms with Crippen molar-refractivity contribution in [1.82, 2.24) is 8.87 Å². The summed E-state index contributed by atoms with van der Waals surface area (Å²) < 4.78 is 47.1. The van der Waals surface area contributed by atoms with Gasteiger partial charge in [0.25, 0.3) is 5.91 Å². The Balaban J connectivity index is 1.51. The molecule has 2 aliphatic heterocycles. The molecule has 0 radical (unpaired) electrons. The lowest BCUT2D eigenvalue weighted by Gasteiger charge is -2.21. The van der Waals surface area contributed by atoms with E-state index < -0.39 is 22.0 Å². The highest BCUT2D eigenvalue weighted by molar-refractivity contribution is 7.89. The highest BCUT2D eigenvalue weighted by Crippen LogP contribution is 2.35. The average molecular weight is 516 g/mol. The Labute approximate surface area is 206 Å².